The number of nitrogens with zero attached hydrogens (tertiary/aromatic N) is 1. The van der Waals surface area contributed by atoms with Crippen LogP contribution in [0.15, 0.2) is 47.4 Å². The Hall–Kier alpha value is -2.30. The van der Waals surface area contributed by atoms with Gasteiger partial charge in [-0.3, -0.25) is 9.10 Å². The van der Waals surface area contributed by atoms with E-state index < -0.39 is 38.4 Å². The van der Waals surface area contributed by atoms with Crippen LogP contribution in [0.25, 0.3) is 0 Å². The van der Waals surface area contributed by atoms with Gasteiger partial charge in [0, 0.05) is 6.26 Å². The Labute approximate surface area is 181 Å². The first kappa shape index (κ1) is 24.0. The number of rotatable bonds is 8. The number of sulfone groups is 1. The largest absolute Gasteiger partial charge is 0.495 e. The maximum atomic E-state index is 12.5. The van der Waals surface area contributed by atoms with Crippen LogP contribution in [-0.4, -0.2) is 48.9 Å². The third-order valence-corrected chi connectivity index (χ3v) is 6.86. The van der Waals surface area contributed by atoms with Gasteiger partial charge >= 0.3 is 0 Å². The Morgan fingerprint density at radius 3 is 2.17 bits per heavy atom. The number of amides is 1. The molecule has 2 aromatic carbocycles. The minimum Gasteiger partial charge on any atom is -0.495 e. The average molecular weight is 475 g/mol. The second-order valence-corrected chi connectivity index (χ2v) is 11.0. The van der Waals surface area contributed by atoms with E-state index in [0.29, 0.717) is 11.3 Å². The molecule has 0 fully saturated rings. The number of carbonyl (C=O) groups is 1. The van der Waals surface area contributed by atoms with Gasteiger partial charge in [-0.05, 0) is 42.8 Å². The summed E-state index contributed by atoms with van der Waals surface area (Å²) in [6.07, 6.45) is 2.10. The van der Waals surface area contributed by atoms with Crippen LogP contribution in [0.5, 0.6) is 5.75 Å². The molecule has 0 saturated carbocycles. The van der Waals surface area contributed by atoms with E-state index in [0.717, 1.165) is 16.8 Å². The second-order valence-electron chi connectivity index (χ2n) is 6.72. The summed E-state index contributed by atoms with van der Waals surface area (Å²) in [6.45, 7) is 1.26. The maximum absolute atomic E-state index is 12.5. The van der Waals surface area contributed by atoms with Gasteiger partial charge in [-0.1, -0.05) is 23.7 Å². The third-order valence-electron chi connectivity index (χ3n) is 4.30. The molecule has 0 heterocycles. The van der Waals surface area contributed by atoms with Gasteiger partial charge < -0.3 is 10.1 Å². The SMILES string of the molecule is COc1ccc(N(CC(=O)N[C@H](C)c2ccc(S(C)(=O)=O)cc2)S(C)(=O)=O)cc1Cl. The maximum Gasteiger partial charge on any atom is 0.241 e. The number of ether oxygens (including phenoxy) is 1. The lowest BCUT2D eigenvalue weighted by Crippen LogP contribution is -2.41. The Kier molecular flexibility index (Phi) is 7.38. The number of anilines is 1. The summed E-state index contributed by atoms with van der Waals surface area (Å²) in [5, 5.41) is 2.92. The summed E-state index contributed by atoms with van der Waals surface area (Å²) in [5.74, 6) is -0.156. The number of nitrogens with one attached hydrogen (secondary N) is 1. The number of benzene rings is 2. The third kappa shape index (κ3) is 6.10. The minimum absolute atomic E-state index is 0.171. The van der Waals surface area contributed by atoms with Gasteiger partial charge in [-0.2, -0.15) is 0 Å². The van der Waals surface area contributed by atoms with Crippen molar-refractivity contribution in [1.29, 1.82) is 0 Å². The van der Waals surface area contributed by atoms with Crippen LogP contribution >= 0.6 is 11.6 Å². The molecular formula is C19H23ClN2O6S2. The predicted octanol–water partition coefficient (Wildman–Crippen LogP) is 2.40. The van der Waals surface area contributed by atoms with Gasteiger partial charge in [0.1, 0.15) is 12.3 Å². The van der Waals surface area contributed by atoms with E-state index in [1.54, 1.807) is 19.1 Å². The van der Waals surface area contributed by atoms with Gasteiger partial charge in [0.15, 0.2) is 9.84 Å². The highest BCUT2D eigenvalue weighted by molar-refractivity contribution is 7.92. The molecule has 0 aliphatic carbocycles. The van der Waals surface area contributed by atoms with Crippen LogP contribution in [0.3, 0.4) is 0 Å². The topological polar surface area (TPSA) is 110 Å². The van der Waals surface area contributed by atoms with Crippen molar-refractivity contribution in [2.24, 2.45) is 0 Å². The molecule has 30 heavy (non-hydrogen) atoms. The molecule has 1 atom stereocenters. The highest BCUT2D eigenvalue weighted by atomic mass is 35.5. The molecule has 0 unspecified atom stereocenters. The van der Waals surface area contributed by atoms with Crippen LogP contribution in [0.4, 0.5) is 5.69 Å². The van der Waals surface area contributed by atoms with Crippen molar-refractivity contribution in [1.82, 2.24) is 5.32 Å². The molecule has 2 aromatic rings. The zero-order chi connectivity index (χ0) is 22.7. The fourth-order valence-corrected chi connectivity index (χ4v) is 4.45. The van der Waals surface area contributed by atoms with Gasteiger partial charge in [-0.25, -0.2) is 16.8 Å². The van der Waals surface area contributed by atoms with Gasteiger partial charge in [0.25, 0.3) is 0 Å². The van der Waals surface area contributed by atoms with Crippen LogP contribution in [0.1, 0.15) is 18.5 Å². The Morgan fingerprint density at radius 2 is 1.70 bits per heavy atom. The van der Waals surface area contributed by atoms with Crippen molar-refractivity contribution in [2.75, 3.05) is 30.5 Å². The van der Waals surface area contributed by atoms with E-state index >= 15 is 0 Å². The van der Waals surface area contributed by atoms with Crippen LogP contribution in [-0.2, 0) is 24.7 Å². The van der Waals surface area contributed by atoms with Crippen molar-refractivity contribution in [3.63, 3.8) is 0 Å². The van der Waals surface area contributed by atoms with Crippen molar-refractivity contribution in [3.8, 4) is 5.75 Å². The Morgan fingerprint density at radius 1 is 1.10 bits per heavy atom. The molecule has 1 amide bonds. The van der Waals surface area contributed by atoms with Crippen molar-refractivity contribution in [3.05, 3.63) is 53.1 Å². The van der Waals surface area contributed by atoms with Crippen molar-refractivity contribution < 1.29 is 26.4 Å². The quantitative estimate of drug-likeness (QED) is 0.629. The first-order chi connectivity index (χ1) is 13.8. The number of halogens is 1. The number of methoxy groups -OCH3 is 1. The molecule has 0 bridgehead atoms. The highest BCUT2D eigenvalue weighted by Gasteiger charge is 2.23. The normalized spacial score (nSPS) is 12.8. The fraction of sp³-hybridized carbons (Fsp3) is 0.316. The molecule has 1 N–H and O–H groups in total. The smallest absolute Gasteiger partial charge is 0.241 e. The van der Waals surface area contributed by atoms with Gasteiger partial charge in [-0.15, -0.1) is 0 Å². The Balaban J connectivity index is 2.17. The summed E-state index contributed by atoms with van der Waals surface area (Å²) in [5.41, 5.74) is 0.901. The molecule has 11 heteroatoms. The summed E-state index contributed by atoms with van der Waals surface area (Å²) in [4.78, 5) is 12.7. The molecule has 0 aliphatic rings. The number of sulfonamides is 1. The molecular weight excluding hydrogens is 452 g/mol. The van der Waals surface area contributed by atoms with Crippen molar-refractivity contribution in [2.45, 2.75) is 17.9 Å². The molecule has 0 radical (unpaired) electrons. The number of hydrogen-bond donors (Lipinski definition) is 1. The van der Waals surface area contributed by atoms with E-state index in [-0.39, 0.29) is 15.6 Å². The van der Waals surface area contributed by atoms with E-state index in [1.165, 1.54) is 37.4 Å². The number of hydrogen-bond acceptors (Lipinski definition) is 6. The molecule has 0 saturated heterocycles. The molecule has 0 spiro atoms. The summed E-state index contributed by atoms with van der Waals surface area (Å²) in [7, 11) is -5.65. The summed E-state index contributed by atoms with van der Waals surface area (Å²) < 4.78 is 53.6. The van der Waals surface area contributed by atoms with E-state index in [9.17, 15) is 21.6 Å². The van der Waals surface area contributed by atoms with Crippen LogP contribution in [0, 0.1) is 0 Å². The Bertz CT molecular complexity index is 1130. The molecule has 164 valence electrons. The summed E-state index contributed by atoms with van der Waals surface area (Å²) in [6, 6.07) is 10.0. The first-order valence-electron chi connectivity index (χ1n) is 8.73. The lowest BCUT2D eigenvalue weighted by Gasteiger charge is -2.24. The summed E-state index contributed by atoms with van der Waals surface area (Å²) >= 11 is 6.08. The standard InChI is InChI=1S/C19H23ClN2O6S2/c1-13(14-5-8-16(9-6-14)29(3,24)25)21-19(23)12-22(30(4,26)27)15-7-10-18(28-2)17(20)11-15/h5-11,13H,12H2,1-4H3,(H,21,23)/t13-/m1/s1. The van der Waals surface area contributed by atoms with Crippen molar-refractivity contribution >= 4 is 43.1 Å². The van der Waals surface area contributed by atoms with Crippen LogP contribution in [0.2, 0.25) is 5.02 Å². The predicted molar refractivity (Wildman–Crippen MR) is 116 cm³/mol. The molecule has 8 nitrogen and oxygen atoms in total. The lowest BCUT2D eigenvalue weighted by atomic mass is 10.1. The first-order valence-corrected chi connectivity index (χ1v) is 12.9. The van der Waals surface area contributed by atoms with E-state index in [2.05, 4.69) is 5.32 Å². The second kappa shape index (κ2) is 9.23. The zero-order valence-electron chi connectivity index (χ0n) is 16.9. The molecule has 2 rings (SSSR count). The number of carbonyl (C=O) groups excluding carboxylic acids is 1. The van der Waals surface area contributed by atoms with E-state index in [1.807, 2.05) is 0 Å². The molecule has 0 aromatic heterocycles. The monoisotopic (exact) mass is 474 g/mol. The minimum atomic E-state index is -3.77. The average Bonchev–Trinajstić information content (AvgIpc) is 2.64. The zero-order valence-corrected chi connectivity index (χ0v) is 19.3. The van der Waals surface area contributed by atoms with Gasteiger partial charge in [0.05, 0.1) is 35.0 Å². The lowest BCUT2D eigenvalue weighted by molar-refractivity contribution is -0.120. The van der Waals surface area contributed by atoms with Crippen LogP contribution < -0.4 is 14.4 Å². The highest BCUT2D eigenvalue weighted by Crippen LogP contribution is 2.30. The molecule has 0 aliphatic heterocycles. The van der Waals surface area contributed by atoms with Gasteiger partial charge in [0.2, 0.25) is 15.9 Å². The van der Waals surface area contributed by atoms with E-state index in [4.69, 9.17) is 16.3 Å². The fourth-order valence-electron chi connectivity index (χ4n) is 2.72.